The molecule has 4 heteroatoms. The molecule has 83 valence electrons. The lowest BCUT2D eigenvalue weighted by Crippen LogP contribution is -1.84. The SMILES string of the molecule is [O]c1ccccc1Oc1ccccc1N=C=O. The van der Waals surface area contributed by atoms with Gasteiger partial charge < -0.3 is 4.74 Å². The van der Waals surface area contributed by atoms with Crippen LogP contribution in [0.3, 0.4) is 0 Å². The van der Waals surface area contributed by atoms with E-state index in [-0.39, 0.29) is 11.5 Å². The van der Waals surface area contributed by atoms with Crippen LogP contribution in [0.5, 0.6) is 17.2 Å². The average molecular weight is 226 g/mol. The van der Waals surface area contributed by atoms with Gasteiger partial charge in [0.25, 0.3) is 0 Å². The molecule has 0 N–H and O–H groups in total. The van der Waals surface area contributed by atoms with Crippen LogP contribution in [0.15, 0.2) is 53.5 Å². The van der Waals surface area contributed by atoms with Crippen LogP contribution in [0.1, 0.15) is 0 Å². The number of hydrogen-bond acceptors (Lipinski definition) is 3. The van der Waals surface area contributed by atoms with Crippen molar-refractivity contribution in [3.8, 4) is 17.2 Å². The standard InChI is InChI=1S/C13H8NO3/c15-9-14-10-5-1-3-7-12(10)17-13-8-4-2-6-11(13)16/h1-8H. The maximum Gasteiger partial charge on any atom is 0.240 e. The minimum atomic E-state index is -0.225. The second-order valence-corrected chi connectivity index (χ2v) is 3.22. The number of carbonyl (C=O) groups excluding carboxylic acids is 1. The molecule has 0 aliphatic carbocycles. The van der Waals surface area contributed by atoms with Crippen molar-refractivity contribution in [2.45, 2.75) is 0 Å². The minimum absolute atomic E-state index is 0.195. The second-order valence-electron chi connectivity index (χ2n) is 3.22. The van der Waals surface area contributed by atoms with E-state index in [1.54, 1.807) is 42.5 Å². The first-order chi connectivity index (χ1) is 8.31. The van der Waals surface area contributed by atoms with Crippen LogP contribution in [-0.4, -0.2) is 6.08 Å². The van der Waals surface area contributed by atoms with Crippen LogP contribution in [0, 0.1) is 0 Å². The Balaban J connectivity index is 2.36. The Bertz CT molecular complexity index is 574. The van der Waals surface area contributed by atoms with Crippen molar-refractivity contribution in [3.63, 3.8) is 0 Å². The highest BCUT2D eigenvalue weighted by Crippen LogP contribution is 2.35. The maximum absolute atomic E-state index is 11.5. The van der Waals surface area contributed by atoms with Crippen LogP contribution < -0.4 is 4.74 Å². The molecule has 2 rings (SSSR count). The van der Waals surface area contributed by atoms with Crippen LogP contribution >= 0.6 is 0 Å². The molecular weight excluding hydrogens is 218 g/mol. The molecule has 0 aromatic heterocycles. The molecule has 0 saturated heterocycles. The van der Waals surface area contributed by atoms with Crippen LogP contribution in [0.2, 0.25) is 0 Å². The van der Waals surface area contributed by atoms with Gasteiger partial charge in [-0.2, -0.15) is 4.99 Å². The molecule has 0 spiro atoms. The van der Waals surface area contributed by atoms with Crippen molar-refractivity contribution in [1.29, 1.82) is 0 Å². The van der Waals surface area contributed by atoms with E-state index in [0.29, 0.717) is 11.4 Å². The van der Waals surface area contributed by atoms with Crippen molar-refractivity contribution < 1.29 is 14.6 Å². The first-order valence-corrected chi connectivity index (χ1v) is 4.92. The van der Waals surface area contributed by atoms with Gasteiger partial charge in [0, 0.05) is 0 Å². The molecule has 2 aromatic carbocycles. The molecule has 0 aliphatic rings. The highest BCUT2D eigenvalue weighted by Gasteiger charge is 2.07. The molecule has 0 amide bonds. The number of para-hydroxylation sites is 4. The van der Waals surface area contributed by atoms with E-state index in [0.717, 1.165) is 0 Å². The van der Waals surface area contributed by atoms with Crippen molar-refractivity contribution in [2.24, 2.45) is 4.99 Å². The number of aliphatic imine (C=N–C) groups is 1. The lowest BCUT2D eigenvalue weighted by atomic mass is 10.3. The summed E-state index contributed by atoms with van der Waals surface area (Å²) < 4.78 is 5.41. The monoisotopic (exact) mass is 226 g/mol. The van der Waals surface area contributed by atoms with E-state index in [1.165, 1.54) is 12.1 Å². The summed E-state index contributed by atoms with van der Waals surface area (Å²) in [5, 5.41) is 11.5. The largest absolute Gasteiger partial charge is 0.451 e. The topological polar surface area (TPSA) is 58.6 Å². The van der Waals surface area contributed by atoms with Gasteiger partial charge in [0.15, 0.2) is 11.5 Å². The minimum Gasteiger partial charge on any atom is -0.451 e. The van der Waals surface area contributed by atoms with E-state index < -0.39 is 0 Å². The third-order valence-electron chi connectivity index (χ3n) is 2.10. The summed E-state index contributed by atoms with van der Waals surface area (Å²) in [6.45, 7) is 0. The highest BCUT2D eigenvalue weighted by molar-refractivity contribution is 5.59. The number of benzene rings is 2. The van der Waals surface area contributed by atoms with Gasteiger partial charge >= 0.3 is 0 Å². The Kier molecular flexibility index (Phi) is 3.19. The molecule has 1 radical (unpaired) electrons. The van der Waals surface area contributed by atoms with Crippen molar-refractivity contribution in [1.82, 2.24) is 0 Å². The predicted octanol–water partition coefficient (Wildman–Crippen LogP) is 3.59. The molecule has 4 nitrogen and oxygen atoms in total. The Morgan fingerprint density at radius 2 is 1.59 bits per heavy atom. The number of isocyanates is 1. The first kappa shape index (κ1) is 10.9. The zero-order chi connectivity index (χ0) is 12.1. The Morgan fingerprint density at radius 1 is 0.941 bits per heavy atom. The molecule has 0 aliphatic heterocycles. The van der Waals surface area contributed by atoms with Crippen molar-refractivity contribution >= 4 is 11.8 Å². The molecule has 17 heavy (non-hydrogen) atoms. The maximum atomic E-state index is 11.5. The quantitative estimate of drug-likeness (QED) is 0.593. The van der Waals surface area contributed by atoms with Gasteiger partial charge in [0.2, 0.25) is 11.8 Å². The van der Waals surface area contributed by atoms with Crippen LogP contribution in [0.4, 0.5) is 5.69 Å². The van der Waals surface area contributed by atoms with Crippen molar-refractivity contribution in [2.75, 3.05) is 0 Å². The number of nitrogens with zero attached hydrogens (tertiary/aromatic N) is 1. The first-order valence-electron chi connectivity index (χ1n) is 4.92. The molecule has 0 bridgehead atoms. The smallest absolute Gasteiger partial charge is 0.240 e. The molecule has 0 fully saturated rings. The van der Waals surface area contributed by atoms with E-state index in [4.69, 9.17) is 4.74 Å². The molecule has 2 aromatic rings. The molecule has 0 saturated carbocycles. The summed E-state index contributed by atoms with van der Waals surface area (Å²) in [6.07, 6.45) is 1.44. The lowest BCUT2D eigenvalue weighted by molar-refractivity contribution is 0.329. The fraction of sp³-hybridized carbons (Fsp3) is 0. The third kappa shape index (κ3) is 2.51. The normalized spacial score (nSPS) is 9.41. The lowest BCUT2D eigenvalue weighted by Gasteiger charge is -2.07. The zero-order valence-corrected chi connectivity index (χ0v) is 8.79. The number of ether oxygens (including phenoxy) is 1. The Labute approximate surface area is 97.8 Å². The summed E-state index contributed by atoms with van der Waals surface area (Å²) in [5.74, 6) is 0.317. The van der Waals surface area contributed by atoms with E-state index >= 15 is 0 Å². The summed E-state index contributed by atoms with van der Waals surface area (Å²) >= 11 is 0. The number of rotatable bonds is 3. The fourth-order valence-corrected chi connectivity index (χ4v) is 1.34. The predicted molar refractivity (Wildman–Crippen MR) is 60.9 cm³/mol. The summed E-state index contributed by atoms with van der Waals surface area (Å²) in [7, 11) is 0. The van der Waals surface area contributed by atoms with Gasteiger partial charge in [-0.3, -0.25) is 5.11 Å². The van der Waals surface area contributed by atoms with Crippen molar-refractivity contribution in [3.05, 3.63) is 48.5 Å². The summed E-state index contributed by atoms with van der Waals surface area (Å²) in [4.78, 5) is 13.7. The second kappa shape index (κ2) is 4.96. The Morgan fingerprint density at radius 3 is 2.29 bits per heavy atom. The Hall–Kier alpha value is -2.58. The van der Waals surface area contributed by atoms with E-state index in [9.17, 15) is 9.90 Å². The average Bonchev–Trinajstić information content (AvgIpc) is 2.35. The molecular formula is C13H8NO3. The summed E-state index contributed by atoms with van der Waals surface area (Å²) in [5.41, 5.74) is 0.339. The van der Waals surface area contributed by atoms with Gasteiger partial charge in [0.1, 0.15) is 5.69 Å². The highest BCUT2D eigenvalue weighted by atomic mass is 16.5. The summed E-state index contributed by atoms with van der Waals surface area (Å²) in [6, 6.07) is 13.0. The van der Waals surface area contributed by atoms with Crippen LogP contribution in [-0.2, 0) is 9.90 Å². The molecule has 0 unspecified atom stereocenters. The van der Waals surface area contributed by atoms with Gasteiger partial charge in [-0.1, -0.05) is 24.3 Å². The van der Waals surface area contributed by atoms with Gasteiger partial charge in [-0.05, 0) is 24.3 Å². The van der Waals surface area contributed by atoms with E-state index in [1.807, 2.05) is 0 Å². The van der Waals surface area contributed by atoms with Gasteiger partial charge in [-0.25, -0.2) is 4.79 Å². The molecule has 0 atom stereocenters. The van der Waals surface area contributed by atoms with E-state index in [2.05, 4.69) is 4.99 Å². The van der Waals surface area contributed by atoms with Gasteiger partial charge in [-0.15, -0.1) is 0 Å². The third-order valence-corrected chi connectivity index (χ3v) is 2.10. The zero-order valence-electron chi connectivity index (χ0n) is 8.79. The fourth-order valence-electron chi connectivity index (χ4n) is 1.34. The molecule has 0 heterocycles. The number of hydrogen-bond donors (Lipinski definition) is 0. The van der Waals surface area contributed by atoms with Gasteiger partial charge in [0.05, 0.1) is 0 Å². The van der Waals surface area contributed by atoms with Crippen LogP contribution in [0.25, 0.3) is 0 Å².